The molecule has 0 saturated heterocycles. The van der Waals surface area contributed by atoms with Crippen molar-refractivity contribution < 1.29 is 48.0 Å². The third-order valence-electron chi connectivity index (χ3n) is 21.0. The van der Waals surface area contributed by atoms with Crippen LogP contribution in [0.15, 0.2) is 144 Å². The number of nitrogens with one attached hydrogen (secondary N) is 3. The number of aromatic hydroxyl groups is 1. The summed E-state index contributed by atoms with van der Waals surface area (Å²) >= 11 is 0. The number of aryl methyl sites for hydroxylation is 1. The van der Waals surface area contributed by atoms with Gasteiger partial charge in [-0.05, 0) is 193 Å². The van der Waals surface area contributed by atoms with Crippen LogP contribution in [-0.2, 0) is 64.6 Å². The van der Waals surface area contributed by atoms with Crippen LogP contribution in [0.25, 0.3) is 5.57 Å². The molecule has 4 heterocycles. The third-order valence-corrected chi connectivity index (χ3v) is 21.0. The van der Waals surface area contributed by atoms with E-state index in [1.165, 1.54) is 49.6 Å². The van der Waals surface area contributed by atoms with Crippen LogP contribution in [-0.4, -0.2) is 151 Å². The lowest BCUT2D eigenvalue weighted by Gasteiger charge is -2.44. The lowest BCUT2D eigenvalue weighted by atomic mass is 9.64. The highest BCUT2D eigenvalue weighted by Gasteiger charge is 2.43. The van der Waals surface area contributed by atoms with Crippen molar-refractivity contribution in [1.82, 2.24) is 25.4 Å². The summed E-state index contributed by atoms with van der Waals surface area (Å²) < 4.78 is 24.9. The molecule has 5 aliphatic rings. The van der Waals surface area contributed by atoms with Gasteiger partial charge in [0.25, 0.3) is 11.8 Å². The van der Waals surface area contributed by atoms with Crippen molar-refractivity contribution in [3.63, 3.8) is 0 Å². The number of rotatable bonds is 31. The summed E-state index contributed by atoms with van der Waals surface area (Å²) in [5.74, 6) is 5.99. The molecule has 548 valence electrons. The number of benzene rings is 7. The number of para-hydroxylation sites is 1. The summed E-state index contributed by atoms with van der Waals surface area (Å²) in [4.78, 5) is 73.0. The average Bonchev–Trinajstić information content (AvgIpc) is 0.693. The van der Waals surface area contributed by atoms with Gasteiger partial charge in [0.05, 0.1) is 70.8 Å². The van der Waals surface area contributed by atoms with E-state index in [1.807, 2.05) is 73.8 Å². The van der Waals surface area contributed by atoms with Crippen LogP contribution >= 0.6 is 0 Å². The highest BCUT2D eigenvalue weighted by atomic mass is 16.6. The average molecular weight is 1420 g/mol. The second-order valence-electron chi connectivity index (χ2n) is 29.1. The maximum atomic E-state index is 14.9. The molecule has 1 aliphatic carbocycles. The van der Waals surface area contributed by atoms with Gasteiger partial charge in [0.15, 0.2) is 5.54 Å². The van der Waals surface area contributed by atoms with Crippen LogP contribution in [0.3, 0.4) is 0 Å². The smallest absolute Gasteiger partial charge is 0.254 e. The van der Waals surface area contributed by atoms with Crippen molar-refractivity contribution in [2.24, 2.45) is 10.2 Å². The molecule has 7 aromatic rings. The first-order chi connectivity index (χ1) is 50.9. The van der Waals surface area contributed by atoms with Crippen LogP contribution in [0.4, 0.5) is 22.7 Å². The first-order valence-corrected chi connectivity index (χ1v) is 37.5. The van der Waals surface area contributed by atoms with Gasteiger partial charge in [-0.3, -0.25) is 24.0 Å². The molecule has 19 heteroatoms. The number of nitrogens with zero attached hydrogens (tertiary/aromatic N) is 6. The quantitative estimate of drug-likeness (QED) is 0.0139. The normalized spacial score (nSPS) is 15.7. The van der Waals surface area contributed by atoms with E-state index in [9.17, 15) is 29.1 Å². The lowest BCUT2D eigenvalue weighted by Crippen LogP contribution is -2.53. The Morgan fingerprint density at radius 1 is 0.676 bits per heavy atom. The molecule has 0 bridgehead atoms. The monoisotopic (exact) mass is 1420 g/mol. The van der Waals surface area contributed by atoms with E-state index in [1.54, 1.807) is 46.2 Å². The molecule has 1 atom stereocenters. The number of fused-ring (bicyclic) bond motifs is 6. The van der Waals surface area contributed by atoms with Crippen molar-refractivity contribution in [2.45, 2.75) is 129 Å². The van der Waals surface area contributed by atoms with E-state index in [0.717, 1.165) is 90.8 Å². The molecule has 0 aromatic heterocycles. The maximum absolute atomic E-state index is 14.9. The van der Waals surface area contributed by atoms with Gasteiger partial charge in [0.1, 0.15) is 18.0 Å². The van der Waals surface area contributed by atoms with Crippen LogP contribution in [0.5, 0.6) is 5.75 Å². The Hall–Kier alpha value is -9.84. The molecule has 1 unspecified atom stereocenters. The summed E-state index contributed by atoms with van der Waals surface area (Å²) in [7, 11) is 1.84. The minimum atomic E-state index is -0.285. The molecule has 0 radical (unpaired) electrons. The number of hydrogen-bond acceptors (Lipinski definition) is 13. The molecular formula is C86H100N9O10+. The van der Waals surface area contributed by atoms with Gasteiger partial charge >= 0.3 is 0 Å². The number of phenols is 1. The number of phenolic OH excluding ortho intramolecular Hbond substituents is 1. The zero-order valence-corrected chi connectivity index (χ0v) is 62.0. The molecule has 19 nitrogen and oxygen atoms in total. The summed E-state index contributed by atoms with van der Waals surface area (Å²) in [6.45, 7) is 21.7. The molecule has 105 heavy (non-hydrogen) atoms. The number of amides is 5. The minimum absolute atomic E-state index is 0.0191. The molecule has 0 saturated carbocycles. The van der Waals surface area contributed by atoms with Crippen molar-refractivity contribution in [1.29, 1.82) is 0 Å². The second-order valence-corrected chi connectivity index (χ2v) is 29.1. The minimum Gasteiger partial charge on any atom is -0.506 e. The zero-order valence-electron chi connectivity index (χ0n) is 62.0. The SMILES string of the molecule is CC[N+]1=c2cc3c(cc2C(C)CC1(C)C)=C(c1ccccc1C(=O)N(C)CCCC(=O)NCCc1ccc(/N=N/c2ccc(C(=O)NCCOCCOCCOCCOCCC(=O)NCCC(=O)N4Cc5ccccc5C#Cc5ccccc54)cc2)c(O)c1)c1cc2c4c(c1C3(C)C)CCCN4CCC2. The Kier molecular flexibility index (Phi) is 24.5. The molecule has 4 aliphatic heterocycles. The molecule has 12 rings (SSSR count). The number of azo groups is 1. The second kappa shape index (κ2) is 34.4. The van der Waals surface area contributed by atoms with Gasteiger partial charge in [-0.25, -0.2) is 4.58 Å². The van der Waals surface area contributed by atoms with Crippen LogP contribution in [0, 0.1) is 11.8 Å². The fourth-order valence-corrected chi connectivity index (χ4v) is 15.9. The van der Waals surface area contributed by atoms with Crippen molar-refractivity contribution >= 4 is 57.9 Å². The summed E-state index contributed by atoms with van der Waals surface area (Å²) in [6.07, 6.45) is 6.96. The van der Waals surface area contributed by atoms with Gasteiger partial charge in [-0.2, -0.15) is 5.11 Å². The van der Waals surface area contributed by atoms with E-state index in [-0.39, 0.29) is 84.3 Å². The van der Waals surface area contributed by atoms with Gasteiger partial charge in [0, 0.05) is 117 Å². The van der Waals surface area contributed by atoms with E-state index in [0.29, 0.717) is 108 Å². The summed E-state index contributed by atoms with van der Waals surface area (Å²) in [5.41, 5.74) is 17.7. The Balaban J connectivity index is 0.523. The summed E-state index contributed by atoms with van der Waals surface area (Å²) in [6, 6.07) is 42.9. The number of ether oxygens (including phenoxy) is 4. The van der Waals surface area contributed by atoms with E-state index in [2.05, 4.69) is 119 Å². The highest BCUT2D eigenvalue weighted by molar-refractivity contribution is 6.02. The highest BCUT2D eigenvalue weighted by Crippen LogP contribution is 2.49. The standard InChI is InChI=1S/C86H99N9O10/c1-8-95-75-55-72-70(54-69(75)58(2)56-85(95,3)4)80(71-53-63-21-15-42-93-43-16-24-68(82(63)93)81(71)86(72,5)6)66-22-12-13-23-67(66)84(101)92(7)41-17-26-77(97)87-38-35-59-27-34-73(76(96)52-59)91-90-65-32-30-62(31-33-65)83(100)89-40-45-103-47-49-105-51-50-104-48-46-102-44-37-78(98)88-39-36-79(99)94-57-64-20-10-9-18-60(64)28-29-61-19-11-14-25-74(61)94/h9-14,18-20,22-23,25,27,30-34,52-55,58H,8,15-17,21,24,26,35-51,56-57H2,1-7H3,(H3-,87,88,89,90,96,97,98,100)/p+1. The summed E-state index contributed by atoms with van der Waals surface area (Å²) in [5, 5.41) is 30.7. The Morgan fingerprint density at radius 3 is 2.11 bits per heavy atom. The fraction of sp³-hybridized carbons (Fsp3) is 0.419. The van der Waals surface area contributed by atoms with Crippen molar-refractivity contribution in [2.75, 3.05) is 116 Å². The molecule has 0 spiro atoms. The Morgan fingerprint density at radius 2 is 1.35 bits per heavy atom. The Bertz CT molecular complexity index is 4610. The molecule has 5 amide bonds. The predicted octanol–water partition coefficient (Wildman–Crippen LogP) is 11.0. The van der Waals surface area contributed by atoms with Crippen molar-refractivity contribution in [3.8, 4) is 17.6 Å². The maximum Gasteiger partial charge on any atom is 0.254 e. The van der Waals surface area contributed by atoms with Gasteiger partial charge in [0.2, 0.25) is 23.1 Å². The van der Waals surface area contributed by atoms with Gasteiger partial charge in [-0.15, -0.1) is 5.11 Å². The van der Waals surface area contributed by atoms with E-state index >= 15 is 0 Å². The molecule has 0 fully saturated rings. The Labute approximate surface area is 617 Å². The molecular weight excluding hydrogens is 1320 g/mol. The van der Waals surface area contributed by atoms with Crippen LogP contribution < -0.4 is 40.9 Å². The number of anilines is 2. The predicted molar refractivity (Wildman–Crippen MR) is 410 cm³/mol. The largest absolute Gasteiger partial charge is 0.506 e. The topological polar surface area (TPSA) is 216 Å². The van der Waals surface area contributed by atoms with Gasteiger partial charge in [-0.1, -0.05) is 87.2 Å². The lowest BCUT2D eigenvalue weighted by molar-refractivity contribution is -0.123. The third kappa shape index (κ3) is 17.6. The van der Waals surface area contributed by atoms with Crippen molar-refractivity contribution in [3.05, 3.63) is 216 Å². The van der Waals surface area contributed by atoms with E-state index < -0.39 is 0 Å². The number of carbonyl (C=O) groups is 5. The van der Waals surface area contributed by atoms with Gasteiger partial charge < -0.3 is 54.7 Å². The van der Waals surface area contributed by atoms with Crippen LogP contribution in [0.2, 0.25) is 0 Å². The zero-order chi connectivity index (χ0) is 73.6. The molecule has 7 aromatic carbocycles. The molecule has 4 N–H and O–H groups in total. The number of hydrogen-bond donors (Lipinski definition) is 4. The first kappa shape index (κ1) is 74.9. The van der Waals surface area contributed by atoms with Crippen LogP contribution in [0.1, 0.15) is 174 Å². The first-order valence-electron chi connectivity index (χ1n) is 37.5. The fourth-order valence-electron chi connectivity index (χ4n) is 15.9. The van der Waals surface area contributed by atoms with E-state index in [4.69, 9.17) is 18.9 Å². The number of carbonyl (C=O) groups excluding carboxylic acids is 5.